The molecule has 3 N–H and O–H groups in total. The number of anilines is 1. The largest absolute Gasteiger partial charge is 0.339 e. The Morgan fingerprint density at radius 1 is 1.30 bits per heavy atom. The molecule has 1 aromatic carbocycles. The topological polar surface area (TPSA) is 96.3 Å². The van der Waals surface area contributed by atoms with Crippen molar-refractivity contribution < 1.29 is 14.1 Å². The zero-order valence-electron chi connectivity index (χ0n) is 11.2. The lowest BCUT2D eigenvalue weighted by atomic mass is 10.3. The Hall–Kier alpha value is -1.42. The normalized spacial score (nSPS) is 12.2. The lowest BCUT2D eigenvalue weighted by molar-refractivity contribution is -0.384. The number of nitrogens with one attached hydrogen (secondary N) is 3. The Bertz CT molecular complexity index is 597. The van der Waals surface area contributed by atoms with Gasteiger partial charge in [0.1, 0.15) is 6.17 Å². The van der Waals surface area contributed by atoms with Crippen molar-refractivity contribution in [2.24, 2.45) is 0 Å². The number of halogens is 4. The molecule has 1 atom stereocenters. The Kier molecular flexibility index (Phi) is 7.20. The second-order valence-corrected chi connectivity index (χ2v) is 6.86. The molecule has 0 radical (unpaired) electrons. The van der Waals surface area contributed by atoms with E-state index < -0.39 is 27.5 Å². The smallest absolute Gasteiger partial charge is 0.269 e. The molecule has 1 unspecified atom stereocenters. The van der Waals surface area contributed by atoms with E-state index in [4.69, 9.17) is 47.0 Å². The van der Waals surface area contributed by atoms with E-state index in [1.165, 1.54) is 24.3 Å². The number of alkyl halides is 4. The predicted octanol–water partition coefficient (Wildman–Crippen LogP) is 2.66. The summed E-state index contributed by atoms with van der Waals surface area (Å²) >= 11 is 22.0. The standard InChI is InChI=1S/C11H10Cl3FN4O3S/c12-11(13,14)9(17-8(20)5-15)18-10(23)16-6-1-3-7(4-2-6)19(21)22/h1-4,9H,5H2,(H,17,20)(H2,16,18,23). The van der Waals surface area contributed by atoms with Crippen LogP contribution in [0.15, 0.2) is 24.3 Å². The molecule has 1 amide bonds. The first kappa shape index (κ1) is 19.6. The first-order valence-corrected chi connectivity index (χ1v) is 7.41. The third-order valence-electron chi connectivity index (χ3n) is 2.37. The Morgan fingerprint density at radius 3 is 2.30 bits per heavy atom. The lowest BCUT2D eigenvalue weighted by Crippen LogP contribution is -2.56. The molecule has 0 bridgehead atoms. The van der Waals surface area contributed by atoms with Crippen LogP contribution in [0.25, 0.3) is 0 Å². The van der Waals surface area contributed by atoms with Crippen LogP contribution in [-0.2, 0) is 4.79 Å². The molecule has 0 saturated heterocycles. The highest BCUT2D eigenvalue weighted by Crippen LogP contribution is 2.29. The van der Waals surface area contributed by atoms with Crippen molar-refractivity contribution in [3.05, 3.63) is 34.4 Å². The highest BCUT2D eigenvalue weighted by Gasteiger charge is 2.34. The van der Waals surface area contributed by atoms with Gasteiger partial charge in [-0.3, -0.25) is 14.9 Å². The number of hydrogen-bond donors (Lipinski definition) is 3. The van der Waals surface area contributed by atoms with Gasteiger partial charge in [0.15, 0.2) is 11.8 Å². The summed E-state index contributed by atoms with van der Waals surface area (Å²) in [5.41, 5.74) is 0.330. The molecule has 0 fully saturated rings. The average molecular weight is 404 g/mol. The molecule has 0 aromatic heterocycles. The molecule has 12 heteroatoms. The number of benzene rings is 1. The third-order valence-corrected chi connectivity index (χ3v) is 3.24. The van der Waals surface area contributed by atoms with Crippen molar-refractivity contribution in [3.8, 4) is 0 Å². The van der Waals surface area contributed by atoms with Gasteiger partial charge in [0.2, 0.25) is 3.79 Å². The van der Waals surface area contributed by atoms with Crippen molar-refractivity contribution in [1.82, 2.24) is 10.6 Å². The summed E-state index contributed by atoms with van der Waals surface area (Å²) < 4.78 is 10.3. The highest BCUT2D eigenvalue weighted by atomic mass is 35.6. The molecule has 7 nitrogen and oxygen atoms in total. The van der Waals surface area contributed by atoms with Crippen LogP contribution >= 0.6 is 47.0 Å². The predicted molar refractivity (Wildman–Crippen MR) is 90.6 cm³/mol. The molecule has 0 saturated carbocycles. The van der Waals surface area contributed by atoms with Crippen molar-refractivity contribution >= 4 is 69.4 Å². The van der Waals surface area contributed by atoms with Gasteiger partial charge in [-0.05, 0) is 24.4 Å². The number of nitrogens with zero attached hydrogens (tertiary/aromatic N) is 1. The second kappa shape index (κ2) is 8.44. The van der Waals surface area contributed by atoms with Gasteiger partial charge >= 0.3 is 0 Å². The van der Waals surface area contributed by atoms with Gasteiger partial charge in [-0.15, -0.1) is 0 Å². The number of rotatable bonds is 5. The number of amides is 1. The van der Waals surface area contributed by atoms with Crippen molar-refractivity contribution in [3.63, 3.8) is 0 Å². The minimum Gasteiger partial charge on any atom is -0.339 e. The molecule has 0 aliphatic heterocycles. The minimum absolute atomic E-state index is 0.0469. The van der Waals surface area contributed by atoms with Gasteiger partial charge in [0.25, 0.3) is 11.6 Å². The highest BCUT2D eigenvalue weighted by molar-refractivity contribution is 7.80. The van der Waals surface area contributed by atoms with E-state index in [1.54, 1.807) is 0 Å². The van der Waals surface area contributed by atoms with E-state index in [9.17, 15) is 19.3 Å². The van der Waals surface area contributed by atoms with Gasteiger partial charge in [0, 0.05) is 17.8 Å². The van der Waals surface area contributed by atoms with Gasteiger partial charge in [-0.25, -0.2) is 4.39 Å². The number of nitro groups is 1. The number of carbonyl (C=O) groups is 1. The molecule has 0 aliphatic carbocycles. The zero-order chi connectivity index (χ0) is 17.6. The van der Waals surface area contributed by atoms with E-state index in [0.29, 0.717) is 5.69 Å². The summed E-state index contributed by atoms with van der Waals surface area (Å²) in [7, 11) is 0. The summed E-state index contributed by atoms with van der Waals surface area (Å²) in [6.45, 7) is -1.29. The minimum atomic E-state index is -1.99. The van der Waals surface area contributed by atoms with E-state index in [-0.39, 0.29) is 10.8 Å². The number of hydrogen-bond acceptors (Lipinski definition) is 4. The van der Waals surface area contributed by atoms with Gasteiger partial charge in [0.05, 0.1) is 4.92 Å². The van der Waals surface area contributed by atoms with Crippen LogP contribution in [0.4, 0.5) is 15.8 Å². The van der Waals surface area contributed by atoms with Crippen LogP contribution in [0.3, 0.4) is 0 Å². The number of nitro benzene ring substituents is 1. The van der Waals surface area contributed by atoms with Crippen molar-refractivity contribution in [2.75, 3.05) is 12.0 Å². The molecule has 0 aliphatic rings. The maximum Gasteiger partial charge on any atom is 0.269 e. The molecule has 0 spiro atoms. The number of non-ortho nitro benzene ring substituents is 1. The fraction of sp³-hybridized carbons (Fsp3) is 0.273. The van der Waals surface area contributed by atoms with E-state index in [0.717, 1.165) is 0 Å². The zero-order valence-corrected chi connectivity index (χ0v) is 14.3. The maximum absolute atomic E-state index is 12.2. The SMILES string of the molecule is O=C(CF)NC(NC(=S)Nc1ccc([N+](=O)[O-])cc1)C(Cl)(Cl)Cl. The first-order chi connectivity index (χ1) is 10.6. The number of carbonyl (C=O) groups excluding carboxylic acids is 1. The first-order valence-electron chi connectivity index (χ1n) is 5.87. The molecule has 126 valence electrons. The van der Waals surface area contributed by atoms with Crippen molar-refractivity contribution in [1.29, 1.82) is 0 Å². The summed E-state index contributed by atoms with van der Waals surface area (Å²) in [6, 6.07) is 5.36. The fourth-order valence-electron chi connectivity index (χ4n) is 1.36. The summed E-state index contributed by atoms with van der Waals surface area (Å²) in [6.07, 6.45) is -1.28. The van der Waals surface area contributed by atoms with Crippen LogP contribution in [0.5, 0.6) is 0 Å². The maximum atomic E-state index is 12.2. The fourth-order valence-corrected chi connectivity index (χ4v) is 1.93. The van der Waals surface area contributed by atoms with E-state index in [1.807, 2.05) is 0 Å². The molecular weight excluding hydrogens is 394 g/mol. The van der Waals surface area contributed by atoms with Crippen molar-refractivity contribution in [2.45, 2.75) is 9.96 Å². The summed E-state index contributed by atoms with van der Waals surface area (Å²) in [5, 5.41) is 17.8. The Balaban J connectivity index is 2.71. The molecule has 0 heterocycles. The number of thiocarbonyl (C=S) groups is 1. The third kappa shape index (κ3) is 6.69. The second-order valence-electron chi connectivity index (χ2n) is 4.08. The van der Waals surface area contributed by atoms with Gasteiger partial charge in [-0.1, -0.05) is 34.8 Å². The molecule has 1 aromatic rings. The molecular formula is C11H10Cl3FN4O3S. The Labute approximate surface area is 150 Å². The van der Waals surface area contributed by atoms with Gasteiger partial charge < -0.3 is 16.0 Å². The average Bonchev–Trinajstić information content (AvgIpc) is 2.45. The van der Waals surface area contributed by atoms with Crippen LogP contribution in [0, 0.1) is 10.1 Å². The van der Waals surface area contributed by atoms with E-state index >= 15 is 0 Å². The van der Waals surface area contributed by atoms with Crippen LogP contribution in [-0.4, -0.2) is 32.6 Å². The monoisotopic (exact) mass is 402 g/mol. The lowest BCUT2D eigenvalue weighted by Gasteiger charge is -2.27. The molecule has 1 rings (SSSR count). The summed E-state index contributed by atoms with van der Waals surface area (Å²) in [5.74, 6) is -0.994. The van der Waals surface area contributed by atoms with E-state index in [2.05, 4.69) is 16.0 Å². The van der Waals surface area contributed by atoms with Crippen LogP contribution in [0.2, 0.25) is 0 Å². The molecule has 23 heavy (non-hydrogen) atoms. The van der Waals surface area contributed by atoms with Gasteiger partial charge in [-0.2, -0.15) is 0 Å². The quantitative estimate of drug-likeness (QED) is 0.230. The summed E-state index contributed by atoms with van der Waals surface area (Å²) in [4.78, 5) is 21.1. The Morgan fingerprint density at radius 2 is 1.87 bits per heavy atom. The van der Waals surface area contributed by atoms with Crippen LogP contribution in [0.1, 0.15) is 0 Å². The van der Waals surface area contributed by atoms with Crippen LogP contribution < -0.4 is 16.0 Å².